The van der Waals surface area contributed by atoms with Gasteiger partial charge in [-0.1, -0.05) is 61.4 Å². The van der Waals surface area contributed by atoms with Gasteiger partial charge in [-0.15, -0.1) is 0 Å². The summed E-state index contributed by atoms with van der Waals surface area (Å²) in [6, 6.07) is 17.7. The van der Waals surface area contributed by atoms with Crippen LogP contribution in [0.4, 0.5) is 4.79 Å². The molecular formula is C26H28N4O3. The molecule has 3 aromatic rings. The van der Waals surface area contributed by atoms with Crippen LogP contribution in [0.5, 0.6) is 0 Å². The van der Waals surface area contributed by atoms with E-state index in [1.807, 2.05) is 48.7 Å². The van der Waals surface area contributed by atoms with E-state index in [2.05, 4.69) is 27.3 Å². The van der Waals surface area contributed by atoms with E-state index in [0.29, 0.717) is 31.6 Å². The second kappa shape index (κ2) is 8.73. The van der Waals surface area contributed by atoms with Crippen molar-refractivity contribution in [3.63, 3.8) is 0 Å². The molecule has 2 aliphatic rings. The molecule has 1 spiro atoms. The number of nitrogens with zero attached hydrogens (tertiary/aromatic N) is 2. The van der Waals surface area contributed by atoms with Crippen LogP contribution in [-0.4, -0.2) is 45.9 Å². The first-order chi connectivity index (χ1) is 16.1. The van der Waals surface area contributed by atoms with Crippen LogP contribution < -0.4 is 10.6 Å². The fourth-order valence-corrected chi connectivity index (χ4v) is 5.07. The Kier molecular flexibility index (Phi) is 5.62. The number of urea groups is 1. The van der Waals surface area contributed by atoms with E-state index >= 15 is 0 Å². The lowest BCUT2D eigenvalue weighted by Crippen LogP contribution is -2.44. The molecule has 1 aliphatic carbocycles. The standard InChI is InChI=1S/C26H28N4O3/c31-23(27-15-8-16-30-24(32)26(28-25(30)33)13-6-7-14-26)21-18-29(17-19-9-2-1-3-10-19)22-12-5-4-11-20(21)22/h1-5,9-12,18H,6-8,13-17H2,(H,27,31)(H,28,33). The minimum absolute atomic E-state index is 0.111. The number of aromatic nitrogens is 1. The second-order valence-electron chi connectivity index (χ2n) is 8.96. The van der Waals surface area contributed by atoms with Crippen molar-refractivity contribution in [2.24, 2.45) is 0 Å². The highest BCUT2D eigenvalue weighted by Gasteiger charge is 2.51. The molecule has 2 heterocycles. The van der Waals surface area contributed by atoms with Gasteiger partial charge in [-0.05, 0) is 30.9 Å². The molecule has 7 heteroatoms. The molecule has 7 nitrogen and oxygen atoms in total. The Balaban J connectivity index is 1.22. The van der Waals surface area contributed by atoms with Crippen molar-refractivity contribution in [1.82, 2.24) is 20.1 Å². The summed E-state index contributed by atoms with van der Waals surface area (Å²) in [6.45, 7) is 1.38. The maximum atomic E-state index is 13.0. The van der Waals surface area contributed by atoms with Crippen LogP contribution in [0.3, 0.4) is 0 Å². The number of amides is 4. The van der Waals surface area contributed by atoms with Crippen LogP contribution in [-0.2, 0) is 11.3 Å². The van der Waals surface area contributed by atoms with Crippen LogP contribution in [0, 0.1) is 0 Å². The zero-order valence-electron chi connectivity index (χ0n) is 18.5. The van der Waals surface area contributed by atoms with E-state index in [-0.39, 0.29) is 17.8 Å². The fraction of sp³-hybridized carbons (Fsp3) is 0.346. The van der Waals surface area contributed by atoms with Gasteiger partial charge in [-0.3, -0.25) is 14.5 Å². The zero-order chi connectivity index (χ0) is 22.8. The number of benzene rings is 2. The summed E-state index contributed by atoms with van der Waals surface area (Å²) in [5.41, 5.74) is 2.12. The predicted molar refractivity (Wildman–Crippen MR) is 126 cm³/mol. The van der Waals surface area contributed by atoms with Crippen LogP contribution in [0.15, 0.2) is 60.8 Å². The molecule has 1 saturated heterocycles. The third-order valence-corrected chi connectivity index (χ3v) is 6.78. The van der Waals surface area contributed by atoms with Crippen LogP contribution >= 0.6 is 0 Å². The second-order valence-corrected chi connectivity index (χ2v) is 8.96. The molecular weight excluding hydrogens is 416 g/mol. The monoisotopic (exact) mass is 444 g/mol. The highest BCUT2D eigenvalue weighted by atomic mass is 16.2. The minimum Gasteiger partial charge on any atom is -0.352 e. The van der Waals surface area contributed by atoms with Gasteiger partial charge in [0.1, 0.15) is 5.54 Å². The highest BCUT2D eigenvalue weighted by molar-refractivity contribution is 6.08. The van der Waals surface area contributed by atoms with Crippen molar-refractivity contribution in [3.05, 3.63) is 71.9 Å². The predicted octanol–water partition coefficient (Wildman–Crippen LogP) is 3.67. The molecule has 170 valence electrons. The molecule has 5 rings (SSSR count). The van der Waals surface area contributed by atoms with Gasteiger partial charge in [0.15, 0.2) is 0 Å². The normalized spacial score (nSPS) is 17.2. The topological polar surface area (TPSA) is 83.4 Å². The largest absolute Gasteiger partial charge is 0.352 e. The molecule has 0 atom stereocenters. The van der Waals surface area contributed by atoms with Crippen molar-refractivity contribution >= 4 is 28.7 Å². The van der Waals surface area contributed by atoms with Crippen molar-refractivity contribution < 1.29 is 14.4 Å². The number of rotatable bonds is 7. The lowest BCUT2D eigenvalue weighted by Gasteiger charge is -2.20. The number of hydrogen-bond acceptors (Lipinski definition) is 3. The van der Waals surface area contributed by atoms with Crippen LogP contribution in [0.25, 0.3) is 10.9 Å². The summed E-state index contributed by atoms with van der Waals surface area (Å²) in [7, 11) is 0. The smallest absolute Gasteiger partial charge is 0.325 e. The third kappa shape index (κ3) is 3.99. The van der Waals surface area contributed by atoms with Gasteiger partial charge >= 0.3 is 6.03 Å². The first kappa shape index (κ1) is 21.2. The van der Waals surface area contributed by atoms with E-state index in [1.165, 1.54) is 10.5 Å². The van der Waals surface area contributed by atoms with Crippen LogP contribution in [0.1, 0.15) is 48.0 Å². The average Bonchev–Trinajstić information content (AvgIpc) is 3.51. The Morgan fingerprint density at radius 2 is 1.73 bits per heavy atom. The van der Waals surface area contributed by atoms with Crippen LogP contribution in [0.2, 0.25) is 0 Å². The lowest BCUT2D eigenvalue weighted by atomic mass is 9.98. The number of imide groups is 1. The quantitative estimate of drug-likeness (QED) is 0.431. The Hall–Kier alpha value is -3.61. The van der Waals surface area contributed by atoms with Gasteiger partial charge in [0.05, 0.1) is 5.56 Å². The number of carbonyl (C=O) groups is 3. The molecule has 0 radical (unpaired) electrons. The zero-order valence-corrected chi connectivity index (χ0v) is 18.5. The maximum Gasteiger partial charge on any atom is 0.325 e. The Bertz CT molecular complexity index is 1190. The average molecular weight is 445 g/mol. The van der Waals surface area contributed by atoms with E-state index < -0.39 is 5.54 Å². The lowest BCUT2D eigenvalue weighted by molar-refractivity contribution is -0.131. The molecule has 1 aromatic heterocycles. The molecule has 2 N–H and O–H groups in total. The summed E-state index contributed by atoms with van der Waals surface area (Å²) in [4.78, 5) is 39.3. The summed E-state index contributed by atoms with van der Waals surface area (Å²) >= 11 is 0. The SMILES string of the molecule is O=C(NCCCN1C(=O)NC2(CCCC2)C1=O)c1cn(Cc2ccccc2)c2ccccc12. The fourth-order valence-electron chi connectivity index (χ4n) is 5.07. The van der Waals surface area contributed by atoms with Gasteiger partial charge in [0, 0.05) is 36.7 Å². The molecule has 4 amide bonds. The summed E-state index contributed by atoms with van der Waals surface area (Å²) in [5.74, 6) is -0.261. The molecule has 2 fully saturated rings. The first-order valence-corrected chi connectivity index (χ1v) is 11.6. The Morgan fingerprint density at radius 1 is 1.00 bits per heavy atom. The van der Waals surface area contributed by atoms with E-state index in [9.17, 15) is 14.4 Å². The van der Waals surface area contributed by atoms with E-state index in [1.54, 1.807) is 0 Å². The highest BCUT2D eigenvalue weighted by Crippen LogP contribution is 2.35. The van der Waals surface area contributed by atoms with Gasteiger partial charge in [0.2, 0.25) is 0 Å². The summed E-state index contributed by atoms with van der Waals surface area (Å²) < 4.78 is 2.09. The number of fused-ring (bicyclic) bond motifs is 1. The number of hydrogen-bond donors (Lipinski definition) is 2. The third-order valence-electron chi connectivity index (χ3n) is 6.78. The van der Waals surface area contributed by atoms with E-state index in [0.717, 1.165) is 36.6 Å². The van der Waals surface area contributed by atoms with E-state index in [4.69, 9.17) is 0 Å². The van der Waals surface area contributed by atoms with Crippen molar-refractivity contribution in [2.75, 3.05) is 13.1 Å². The minimum atomic E-state index is -0.680. The van der Waals surface area contributed by atoms with Crippen molar-refractivity contribution in [3.8, 4) is 0 Å². The molecule has 0 unspecified atom stereocenters. The summed E-state index contributed by atoms with van der Waals surface area (Å²) in [6.07, 6.45) is 5.79. The Labute approximate surface area is 192 Å². The molecule has 1 saturated carbocycles. The molecule has 33 heavy (non-hydrogen) atoms. The number of nitrogens with one attached hydrogen (secondary N) is 2. The number of para-hydroxylation sites is 1. The maximum absolute atomic E-state index is 13.0. The molecule has 2 aromatic carbocycles. The molecule has 1 aliphatic heterocycles. The van der Waals surface area contributed by atoms with Gasteiger partial charge in [0.25, 0.3) is 11.8 Å². The van der Waals surface area contributed by atoms with Crippen molar-refractivity contribution in [1.29, 1.82) is 0 Å². The summed E-state index contributed by atoms with van der Waals surface area (Å²) in [5, 5.41) is 6.76. The number of carbonyl (C=O) groups excluding carboxylic acids is 3. The Morgan fingerprint density at radius 3 is 2.52 bits per heavy atom. The molecule has 0 bridgehead atoms. The van der Waals surface area contributed by atoms with Gasteiger partial charge in [-0.25, -0.2) is 4.79 Å². The first-order valence-electron chi connectivity index (χ1n) is 11.6. The van der Waals surface area contributed by atoms with Crippen molar-refractivity contribution in [2.45, 2.75) is 44.2 Å². The van der Waals surface area contributed by atoms with Gasteiger partial charge < -0.3 is 15.2 Å². The van der Waals surface area contributed by atoms with Gasteiger partial charge in [-0.2, -0.15) is 0 Å².